The molecule has 2 aromatic carbocycles. The third-order valence-corrected chi connectivity index (χ3v) is 4.84. The van der Waals surface area contributed by atoms with E-state index in [1.807, 2.05) is 41.8 Å². The van der Waals surface area contributed by atoms with Gasteiger partial charge in [0.05, 0.1) is 12.9 Å². The number of hydrogen-bond donors (Lipinski definition) is 1. The Kier molecular flexibility index (Phi) is 5.80. The molecule has 0 saturated carbocycles. The number of aromatic nitrogens is 3. The van der Waals surface area contributed by atoms with Crippen molar-refractivity contribution in [3.05, 3.63) is 59.4 Å². The van der Waals surface area contributed by atoms with Gasteiger partial charge >= 0.3 is 0 Å². The van der Waals surface area contributed by atoms with Crippen LogP contribution in [0.1, 0.15) is 5.56 Å². The van der Waals surface area contributed by atoms with Crippen molar-refractivity contribution < 1.29 is 9.53 Å². The minimum absolute atomic E-state index is 0.121. The summed E-state index contributed by atoms with van der Waals surface area (Å²) in [4.78, 5) is 12.2. The number of carbonyl (C=O) groups excluding carboxylic acids is 1. The first-order valence-corrected chi connectivity index (χ1v) is 9.16. The zero-order chi connectivity index (χ0) is 18.5. The summed E-state index contributed by atoms with van der Waals surface area (Å²) in [6.07, 6.45) is 1.62. The number of amides is 1. The molecule has 1 N–H and O–H groups in total. The zero-order valence-electron chi connectivity index (χ0n) is 14.3. The number of thioether (sulfide) groups is 1. The molecular formula is C18H17ClN4O2S. The van der Waals surface area contributed by atoms with Gasteiger partial charge in [-0.1, -0.05) is 23.4 Å². The maximum atomic E-state index is 12.2. The van der Waals surface area contributed by atoms with Crippen LogP contribution in [0.5, 0.6) is 5.75 Å². The summed E-state index contributed by atoms with van der Waals surface area (Å²) in [5.41, 5.74) is 2.56. The van der Waals surface area contributed by atoms with E-state index in [1.54, 1.807) is 25.6 Å². The van der Waals surface area contributed by atoms with Gasteiger partial charge in [-0.3, -0.25) is 9.36 Å². The van der Waals surface area contributed by atoms with Crippen molar-refractivity contribution in [2.45, 2.75) is 12.1 Å². The van der Waals surface area contributed by atoms with Crippen LogP contribution in [0.4, 0.5) is 5.69 Å². The predicted molar refractivity (Wildman–Crippen MR) is 103 cm³/mol. The van der Waals surface area contributed by atoms with Gasteiger partial charge < -0.3 is 10.1 Å². The summed E-state index contributed by atoms with van der Waals surface area (Å²) in [5.74, 6) is 0.870. The van der Waals surface area contributed by atoms with Crippen LogP contribution in [-0.2, 0) is 4.79 Å². The van der Waals surface area contributed by atoms with Crippen molar-refractivity contribution in [3.63, 3.8) is 0 Å². The van der Waals surface area contributed by atoms with E-state index in [1.165, 1.54) is 11.8 Å². The first-order chi connectivity index (χ1) is 12.6. The summed E-state index contributed by atoms with van der Waals surface area (Å²) in [5, 5.41) is 12.2. The summed E-state index contributed by atoms with van der Waals surface area (Å²) in [7, 11) is 1.62. The molecule has 134 valence electrons. The molecule has 8 heteroatoms. The third kappa shape index (κ3) is 4.36. The molecule has 0 atom stereocenters. The maximum Gasteiger partial charge on any atom is 0.234 e. The number of nitrogens with one attached hydrogen (secondary N) is 1. The first-order valence-electron chi connectivity index (χ1n) is 7.80. The van der Waals surface area contributed by atoms with Gasteiger partial charge in [0.1, 0.15) is 12.1 Å². The minimum atomic E-state index is -0.121. The average molecular weight is 389 g/mol. The predicted octanol–water partition coefficient (Wildman–Crippen LogP) is 3.97. The highest BCUT2D eigenvalue weighted by molar-refractivity contribution is 7.99. The molecule has 0 aliphatic rings. The van der Waals surface area contributed by atoms with Gasteiger partial charge in [0.25, 0.3) is 0 Å². The lowest BCUT2D eigenvalue weighted by Crippen LogP contribution is -2.15. The fourth-order valence-corrected chi connectivity index (χ4v) is 3.28. The van der Waals surface area contributed by atoms with E-state index in [2.05, 4.69) is 15.5 Å². The van der Waals surface area contributed by atoms with Crippen LogP contribution in [0, 0.1) is 6.92 Å². The Morgan fingerprint density at radius 2 is 2.04 bits per heavy atom. The van der Waals surface area contributed by atoms with Crippen LogP contribution in [0.25, 0.3) is 5.69 Å². The van der Waals surface area contributed by atoms with Crippen molar-refractivity contribution in [2.24, 2.45) is 0 Å². The highest BCUT2D eigenvalue weighted by atomic mass is 35.5. The van der Waals surface area contributed by atoms with Gasteiger partial charge in [0.15, 0.2) is 5.16 Å². The molecule has 6 nitrogen and oxygen atoms in total. The highest BCUT2D eigenvalue weighted by Gasteiger charge is 2.11. The highest BCUT2D eigenvalue weighted by Crippen LogP contribution is 2.23. The molecule has 0 fully saturated rings. The fourth-order valence-electron chi connectivity index (χ4n) is 2.33. The van der Waals surface area contributed by atoms with Crippen LogP contribution in [0.15, 0.2) is 53.9 Å². The van der Waals surface area contributed by atoms with E-state index in [4.69, 9.17) is 16.3 Å². The van der Waals surface area contributed by atoms with E-state index >= 15 is 0 Å². The van der Waals surface area contributed by atoms with Gasteiger partial charge in [-0.15, -0.1) is 10.2 Å². The Hall–Kier alpha value is -2.51. The number of benzene rings is 2. The SMILES string of the molecule is COc1ccc(-n2cnnc2SCC(=O)Nc2ccc(Cl)cc2C)cc1. The summed E-state index contributed by atoms with van der Waals surface area (Å²) in [6.45, 7) is 1.90. The molecule has 0 unspecified atom stereocenters. The molecule has 0 bridgehead atoms. The van der Waals surface area contributed by atoms with Crippen molar-refractivity contribution >= 4 is 35.0 Å². The van der Waals surface area contributed by atoms with E-state index in [0.717, 1.165) is 22.7 Å². The molecule has 1 aromatic heterocycles. The summed E-state index contributed by atoms with van der Waals surface area (Å²) < 4.78 is 6.99. The number of carbonyl (C=O) groups is 1. The maximum absolute atomic E-state index is 12.2. The monoisotopic (exact) mass is 388 g/mol. The normalized spacial score (nSPS) is 10.6. The lowest BCUT2D eigenvalue weighted by molar-refractivity contribution is -0.113. The number of anilines is 1. The summed E-state index contributed by atoms with van der Waals surface area (Å²) in [6, 6.07) is 12.9. The molecule has 3 aromatic rings. The van der Waals surface area contributed by atoms with E-state index < -0.39 is 0 Å². The Morgan fingerprint density at radius 3 is 2.73 bits per heavy atom. The molecule has 3 rings (SSSR count). The van der Waals surface area contributed by atoms with Crippen LogP contribution in [-0.4, -0.2) is 33.5 Å². The first kappa shape index (κ1) is 18.3. The van der Waals surface area contributed by atoms with Gasteiger partial charge in [-0.2, -0.15) is 0 Å². The molecule has 0 saturated heterocycles. The molecule has 26 heavy (non-hydrogen) atoms. The second-order valence-corrected chi connectivity index (χ2v) is 6.86. The number of nitrogens with zero attached hydrogens (tertiary/aromatic N) is 3. The summed E-state index contributed by atoms with van der Waals surface area (Å²) >= 11 is 7.25. The third-order valence-electron chi connectivity index (χ3n) is 3.66. The molecule has 1 amide bonds. The molecule has 1 heterocycles. The molecular weight excluding hydrogens is 372 g/mol. The largest absolute Gasteiger partial charge is 0.497 e. The van der Waals surface area contributed by atoms with Crippen molar-refractivity contribution in [1.29, 1.82) is 0 Å². The average Bonchev–Trinajstić information content (AvgIpc) is 3.11. The van der Waals surface area contributed by atoms with E-state index in [-0.39, 0.29) is 11.7 Å². The second kappa shape index (κ2) is 8.25. The van der Waals surface area contributed by atoms with Crippen LogP contribution in [0.2, 0.25) is 5.02 Å². The van der Waals surface area contributed by atoms with Crippen LogP contribution in [0.3, 0.4) is 0 Å². The molecule has 0 aliphatic carbocycles. The Balaban J connectivity index is 1.64. The van der Waals surface area contributed by atoms with Crippen molar-refractivity contribution in [3.8, 4) is 11.4 Å². The lowest BCUT2D eigenvalue weighted by atomic mass is 10.2. The van der Waals surface area contributed by atoms with Gasteiger partial charge in [-0.25, -0.2) is 0 Å². The number of hydrogen-bond acceptors (Lipinski definition) is 5. The quantitative estimate of drug-likeness (QED) is 0.647. The molecule has 0 radical (unpaired) electrons. The second-order valence-electron chi connectivity index (χ2n) is 5.48. The van der Waals surface area contributed by atoms with Gasteiger partial charge in [-0.05, 0) is 55.0 Å². The van der Waals surface area contributed by atoms with Crippen molar-refractivity contribution in [2.75, 3.05) is 18.2 Å². The standard InChI is InChI=1S/C18H17ClN4O2S/c1-12-9-13(19)3-8-16(12)21-17(24)10-26-18-22-20-11-23(18)14-4-6-15(25-2)7-5-14/h3-9,11H,10H2,1-2H3,(H,21,24). The molecule has 0 aliphatic heterocycles. The number of rotatable bonds is 6. The van der Waals surface area contributed by atoms with Crippen LogP contribution >= 0.6 is 23.4 Å². The number of methoxy groups -OCH3 is 1. The fraction of sp³-hybridized carbons (Fsp3) is 0.167. The van der Waals surface area contributed by atoms with Gasteiger partial charge in [0, 0.05) is 16.4 Å². The van der Waals surface area contributed by atoms with Crippen LogP contribution < -0.4 is 10.1 Å². The number of ether oxygens (including phenoxy) is 1. The number of aryl methyl sites for hydroxylation is 1. The van der Waals surface area contributed by atoms with Crippen molar-refractivity contribution in [1.82, 2.24) is 14.8 Å². The van der Waals surface area contributed by atoms with Gasteiger partial charge in [0.2, 0.25) is 5.91 Å². The Labute approximate surface area is 160 Å². The topological polar surface area (TPSA) is 69.0 Å². The Bertz CT molecular complexity index is 912. The lowest BCUT2D eigenvalue weighted by Gasteiger charge is -2.09. The minimum Gasteiger partial charge on any atom is -0.497 e. The Morgan fingerprint density at radius 1 is 1.27 bits per heavy atom. The zero-order valence-corrected chi connectivity index (χ0v) is 15.8. The smallest absolute Gasteiger partial charge is 0.234 e. The molecule has 0 spiro atoms. The number of halogens is 1. The van der Waals surface area contributed by atoms with E-state index in [0.29, 0.717) is 10.2 Å². The van der Waals surface area contributed by atoms with E-state index in [9.17, 15) is 4.79 Å².